The molecular formula is C12H15F2NO5S. The normalized spacial score (nSPS) is 13.1. The van der Waals surface area contributed by atoms with Crippen LogP contribution in [0.15, 0.2) is 17.0 Å². The number of nitrogens with one attached hydrogen (secondary N) is 1. The molecule has 1 aromatic rings. The molecule has 118 valence electrons. The molecule has 0 aliphatic rings. The summed E-state index contributed by atoms with van der Waals surface area (Å²) in [5.41, 5.74) is -0.658. The lowest BCUT2D eigenvalue weighted by Gasteiger charge is -2.16. The molecule has 0 radical (unpaired) electrons. The molecule has 0 fully saturated rings. The minimum absolute atomic E-state index is 0.0401. The summed E-state index contributed by atoms with van der Waals surface area (Å²) in [4.78, 5) is 9.75. The number of rotatable bonds is 7. The molecular weight excluding hydrogens is 308 g/mol. The quantitative estimate of drug-likeness (QED) is 0.790. The molecule has 6 nitrogen and oxygen atoms in total. The minimum Gasteiger partial charge on any atom is -0.478 e. The van der Waals surface area contributed by atoms with Crippen molar-refractivity contribution in [2.45, 2.75) is 24.3 Å². The first-order chi connectivity index (χ1) is 9.72. The van der Waals surface area contributed by atoms with E-state index in [1.54, 1.807) is 6.92 Å². The molecule has 0 spiro atoms. The Bertz CT molecular complexity index is 633. The van der Waals surface area contributed by atoms with E-state index in [1.165, 1.54) is 7.11 Å². The van der Waals surface area contributed by atoms with Gasteiger partial charge in [-0.25, -0.2) is 26.7 Å². The molecule has 9 heteroatoms. The lowest BCUT2D eigenvalue weighted by atomic mass is 10.2. The van der Waals surface area contributed by atoms with Crippen LogP contribution in [-0.4, -0.2) is 39.3 Å². The third-order valence-electron chi connectivity index (χ3n) is 2.71. The van der Waals surface area contributed by atoms with Gasteiger partial charge in [0, 0.05) is 13.2 Å². The summed E-state index contributed by atoms with van der Waals surface area (Å²) in [6.07, 6.45) is 0.357. The Morgan fingerprint density at radius 2 is 2.05 bits per heavy atom. The number of sulfonamides is 1. The van der Waals surface area contributed by atoms with Crippen LogP contribution in [0.25, 0.3) is 0 Å². The van der Waals surface area contributed by atoms with E-state index < -0.39 is 44.1 Å². The predicted molar refractivity (Wildman–Crippen MR) is 69.6 cm³/mol. The van der Waals surface area contributed by atoms with E-state index in [-0.39, 0.29) is 6.61 Å². The summed E-state index contributed by atoms with van der Waals surface area (Å²) >= 11 is 0. The van der Waals surface area contributed by atoms with E-state index in [2.05, 4.69) is 4.72 Å². The number of carbonyl (C=O) groups is 1. The summed E-state index contributed by atoms with van der Waals surface area (Å²) in [5.74, 6) is -4.73. The number of aromatic carboxylic acids is 1. The summed E-state index contributed by atoms with van der Waals surface area (Å²) < 4.78 is 58.1. The molecule has 0 aromatic heterocycles. The molecule has 0 saturated heterocycles. The minimum atomic E-state index is -4.41. The standard InChI is InChI=1S/C12H15F2NO5S/c1-3-8(6-20-2)15-21(18,19)10-5-7(12(16)17)4-9(13)11(10)14/h4-5,8,15H,3,6H2,1-2H3,(H,16,17). The zero-order chi connectivity index (χ0) is 16.2. The molecule has 0 heterocycles. The Balaban J connectivity index is 3.27. The number of benzene rings is 1. The number of carboxylic acids is 1. The fourth-order valence-electron chi connectivity index (χ4n) is 1.60. The molecule has 0 bridgehead atoms. The zero-order valence-corrected chi connectivity index (χ0v) is 12.2. The number of ether oxygens (including phenoxy) is 1. The maximum Gasteiger partial charge on any atom is 0.335 e. The maximum absolute atomic E-state index is 13.7. The molecule has 0 aliphatic carbocycles. The summed E-state index contributed by atoms with van der Waals surface area (Å²) in [6, 6.07) is 0.349. The van der Waals surface area contributed by atoms with Crippen LogP contribution in [0.5, 0.6) is 0 Å². The van der Waals surface area contributed by atoms with Crippen molar-refractivity contribution in [1.29, 1.82) is 0 Å². The van der Waals surface area contributed by atoms with Gasteiger partial charge in [-0.15, -0.1) is 0 Å². The van der Waals surface area contributed by atoms with Gasteiger partial charge in [0.05, 0.1) is 12.2 Å². The monoisotopic (exact) mass is 323 g/mol. The van der Waals surface area contributed by atoms with Gasteiger partial charge in [-0.2, -0.15) is 0 Å². The number of methoxy groups -OCH3 is 1. The lowest BCUT2D eigenvalue weighted by molar-refractivity contribution is 0.0696. The SMILES string of the molecule is CCC(COC)NS(=O)(=O)c1cc(C(=O)O)cc(F)c1F. The van der Waals surface area contributed by atoms with E-state index in [4.69, 9.17) is 9.84 Å². The molecule has 0 saturated carbocycles. The highest BCUT2D eigenvalue weighted by atomic mass is 32.2. The van der Waals surface area contributed by atoms with Crippen molar-refractivity contribution in [3.05, 3.63) is 29.3 Å². The fourth-order valence-corrected chi connectivity index (χ4v) is 3.02. The topological polar surface area (TPSA) is 92.7 Å². The molecule has 0 aliphatic heterocycles. The average molecular weight is 323 g/mol. The maximum atomic E-state index is 13.7. The van der Waals surface area contributed by atoms with Crippen LogP contribution >= 0.6 is 0 Å². The van der Waals surface area contributed by atoms with Crippen LogP contribution in [0.1, 0.15) is 23.7 Å². The second-order valence-electron chi connectivity index (χ2n) is 4.26. The molecule has 0 amide bonds. The third-order valence-corrected chi connectivity index (χ3v) is 4.23. The summed E-state index contributed by atoms with van der Waals surface area (Å²) in [5, 5.41) is 8.78. The van der Waals surface area contributed by atoms with Gasteiger partial charge in [0.2, 0.25) is 10.0 Å². The van der Waals surface area contributed by atoms with Crippen molar-refractivity contribution >= 4 is 16.0 Å². The third kappa shape index (κ3) is 4.19. The van der Waals surface area contributed by atoms with Crippen molar-refractivity contribution in [3.63, 3.8) is 0 Å². The van der Waals surface area contributed by atoms with Gasteiger partial charge < -0.3 is 9.84 Å². The molecule has 21 heavy (non-hydrogen) atoms. The van der Waals surface area contributed by atoms with Crippen LogP contribution in [0.4, 0.5) is 8.78 Å². The van der Waals surface area contributed by atoms with Crippen LogP contribution in [0, 0.1) is 11.6 Å². The van der Waals surface area contributed by atoms with E-state index in [0.717, 1.165) is 0 Å². The van der Waals surface area contributed by atoms with Crippen molar-refractivity contribution in [2.75, 3.05) is 13.7 Å². The van der Waals surface area contributed by atoms with Crippen LogP contribution < -0.4 is 4.72 Å². The molecule has 1 atom stereocenters. The highest BCUT2D eigenvalue weighted by molar-refractivity contribution is 7.89. The van der Waals surface area contributed by atoms with E-state index in [1.807, 2.05) is 0 Å². The molecule has 2 N–H and O–H groups in total. The molecule has 1 rings (SSSR count). The Hall–Kier alpha value is -1.58. The van der Waals surface area contributed by atoms with Gasteiger partial charge in [0.25, 0.3) is 0 Å². The first kappa shape index (κ1) is 17.5. The van der Waals surface area contributed by atoms with Crippen molar-refractivity contribution in [2.24, 2.45) is 0 Å². The fraction of sp³-hybridized carbons (Fsp3) is 0.417. The van der Waals surface area contributed by atoms with Crippen LogP contribution in [0.2, 0.25) is 0 Å². The van der Waals surface area contributed by atoms with Crippen LogP contribution in [-0.2, 0) is 14.8 Å². The van der Waals surface area contributed by atoms with Crippen molar-refractivity contribution in [3.8, 4) is 0 Å². The Morgan fingerprint density at radius 3 is 2.52 bits per heavy atom. The van der Waals surface area contributed by atoms with Gasteiger partial charge in [0.15, 0.2) is 11.6 Å². The van der Waals surface area contributed by atoms with E-state index in [0.29, 0.717) is 18.6 Å². The Morgan fingerprint density at radius 1 is 1.43 bits per heavy atom. The average Bonchev–Trinajstić information content (AvgIpc) is 2.40. The van der Waals surface area contributed by atoms with Crippen LogP contribution in [0.3, 0.4) is 0 Å². The Labute approximate surface area is 120 Å². The molecule has 1 unspecified atom stereocenters. The van der Waals surface area contributed by atoms with Gasteiger partial charge in [-0.3, -0.25) is 0 Å². The lowest BCUT2D eigenvalue weighted by Crippen LogP contribution is -2.38. The van der Waals surface area contributed by atoms with Gasteiger partial charge in [-0.05, 0) is 18.6 Å². The highest BCUT2D eigenvalue weighted by Crippen LogP contribution is 2.20. The van der Waals surface area contributed by atoms with Gasteiger partial charge >= 0.3 is 5.97 Å². The predicted octanol–water partition coefficient (Wildman–Crippen LogP) is 1.37. The zero-order valence-electron chi connectivity index (χ0n) is 11.4. The largest absolute Gasteiger partial charge is 0.478 e. The highest BCUT2D eigenvalue weighted by Gasteiger charge is 2.26. The molecule has 1 aromatic carbocycles. The summed E-state index contributed by atoms with van der Waals surface area (Å²) in [6.45, 7) is 1.72. The Kier molecular flexibility index (Phi) is 5.76. The summed E-state index contributed by atoms with van der Waals surface area (Å²) in [7, 11) is -3.05. The van der Waals surface area contributed by atoms with Gasteiger partial charge in [-0.1, -0.05) is 6.92 Å². The number of hydrogen-bond acceptors (Lipinski definition) is 4. The first-order valence-corrected chi connectivity index (χ1v) is 7.44. The van der Waals surface area contributed by atoms with Gasteiger partial charge in [0.1, 0.15) is 4.90 Å². The number of hydrogen-bond donors (Lipinski definition) is 2. The van der Waals surface area contributed by atoms with Crippen molar-refractivity contribution in [1.82, 2.24) is 4.72 Å². The van der Waals surface area contributed by atoms with E-state index in [9.17, 15) is 22.0 Å². The smallest absolute Gasteiger partial charge is 0.335 e. The first-order valence-electron chi connectivity index (χ1n) is 5.96. The second kappa shape index (κ2) is 6.92. The van der Waals surface area contributed by atoms with Crippen molar-refractivity contribution < 1.29 is 31.8 Å². The van der Waals surface area contributed by atoms with E-state index >= 15 is 0 Å². The second-order valence-corrected chi connectivity index (χ2v) is 5.94. The number of carboxylic acid groups (broad SMARTS) is 1. The number of halogens is 2.